The maximum absolute atomic E-state index is 12.1. The van der Waals surface area contributed by atoms with Crippen LogP contribution >= 0.6 is 0 Å². The van der Waals surface area contributed by atoms with Crippen molar-refractivity contribution in [1.82, 2.24) is 5.32 Å². The third-order valence-electron chi connectivity index (χ3n) is 4.45. The van der Waals surface area contributed by atoms with Crippen molar-refractivity contribution in [2.45, 2.75) is 53.5 Å². The molecule has 0 saturated heterocycles. The molecule has 0 spiro atoms. The fraction of sp³-hybridized carbons (Fsp3) is 0.846. The maximum atomic E-state index is 12.1. The number of amides is 1. The minimum atomic E-state index is -0.814. The number of carboxylic acid groups (broad SMARTS) is 1. The van der Waals surface area contributed by atoms with Crippen LogP contribution in [0.15, 0.2) is 0 Å². The van der Waals surface area contributed by atoms with Gasteiger partial charge in [-0.05, 0) is 39.0 Å². The summed E-state index contributed by atoms with van der Waals surface area (Å²) in [7, 11) is 0. The summed E-state index contributed by atoms with van der Waals surface area (Å²) in [6.45, 7) is 9.35. The number of carboxylic acids is 1. The molecule has 1 rings (SSSR count). The minimum absolute atomic E-state index is 0.0185. The molecule has 1 aliphatic rings. The van der Waals surface area contributed by atoms with Crippen molar-refractivity contribution in [3.05, 3.63) is 0 Å². The van der Waals surface area contributed by atoms with Gasteiger partial charge in [-0.2, -0.15) is 0 Å². The van der Waals surface area contributed by atoms with Crippen LogP contribution in [-0.2, 0) is 9.59 Å². The highest BCUT2D eigenvalue weighted by atomic mass is 16.4. The highest BCUT2D eigenvalue weighted by Gasteiger charge is 2.58. The molecule has 4 heteroatoms. The second-order valence-corrected chi connectivity index (χ2v) is 6.11. The van der Waals surface area contributed by atoms with Crippen molar-refractivity contribution >= 4 is 11.9 Å². The molecule has 1 unspecified atom stereocenters. The van der Waals surface area contributed by atoms with Crippen LogP contribution in [0.5, 0.6) is 0 Å². The van der Waals surface area contributed by atoms with Crippen LogP contribution in [0.2, 0.25) is 0 Å². The van der Waals surface area contributed by atoms with Gasteiger partial charge in [-0.1, -0.05) is 13.8 Å². The summed E-state index contributed by atoms with van der Waals surface area (Å²) in [6, 6.07) is 0.0926. The summed E-state index contributed by atoms with van der Waals surface area (Å²) in [6.07, 6.45) is 1.21. The predicted molar refractivity (Wildman–Crippen MR) is 65.5 cm³/mol. The van der Waals surface area contributed by atoms with Crippen LogP contribution in [0.4, 0.5) is 0 Å². The van der Waals surface area contributed by atoms with Crippen LogP contribution < -0.4 is 5.32 Å². The Kier molecular flexibility index (Phi) is 3.55. The normalized spacial score (nSPS) is 31.5. The van der Waals surface area contributed by atoms with Crippen LogP contribution in [0.3, 0.4) is 0 Å². The van der Waals surface area contributed by atoms with Gasteiger partial charge in [-0.25, -0.2) is 0 Å². The standard InChI is InChI=1S/C13H23NO3/c1-8(2)14-10(15)9-6-7-13(5,11(16)17)12(9,3)4/h8-9H,6-7H2,1-5H3,(H,14,15)(H,16,17)/t9?,13-/m0/s1. The van der Waals surface area contributed by atoms with E-state index in [2.05, 4.69) is 5.32 Å². The van der Waals surface area contributed by atoms with E-state index in [1.54, 1.807) is 6.92 Å². The van der Waals surface area contributed by atoms with Gasteiger partial charge in [0, 0.05) is 12.0 Å². The Hall–Kier alpha value is -1.06. The van der Waals surface area contributed by atoms with Gasteiger partial charge in [0.1, 0.15) is 0 Å². The first-order valence-electron chi connectivity index (χ1n) is 6.16. The molecule has 2 N–H and O–H groups in total. The maximum Gasteiger partial charge on any atom is 0.309 e. The van der Waals surface area contributed by atoms with Crippen LogP contribution in [0, 0.1) is 16.7 Å². The summed E-state index contributed by atoms with van der Waals surface area (Å²) in [5.74, 6) is -1.04. The number of aliphatic carboxylic acids is 1. The van der Waals surface area contributed by atoms with E-state index in [-0.39, 0.29) is 17.9 Å². The zero-order valence-electron chi connectivity index (χ0n) is 11.3. The van der Waals surface area contributed by atoms with E-state index in [4.69, 9.17) is 0 Å². The molecular formula is C13H23NO3. The highest BCUT2D eigenvalue weighted by Crippen LogP contribution is 2.56. The van der Waals surface area contributed by atoms with E-state index >= 15 is 0 Å². The van der Waals surface area contributed by atoms with Gasteiger partial charge in [0.2, 0.25) is 5.91 Å². The Labute approximate surface area is 103 Å². The van der Waals surface area contributed by atoms with E-state index < -0.39 is 16.8 Å². The third kappa shape index (κ3) is 2.17. The van der Waals surface area contributed by atoms with Crippen molar-refractivity contribution in [1.29, 1.82) is 0 Å². The fourth-order valence-corrected chi connectivity index (χ4v) is 2.73. The molecule has 0 radical (unpaired) electrons. The lowest BCUT2D eigenvalue weighted by molar-refractivity contribution is -0.155. The Morgan fingerprint density at radius 3 is 2.18 bits per heavy atom. The zero-order chi connectivity index (χ0) is 13.4. The molecule has 0 bridgehead atoms. The van der Waals surface area contributed by atoms with E-state index in [9.17, 15) is 14.7 Å². The number of hydrogen-bond donors (Lipinski definition) is 2. The first kappa shape index (κ1) is 14.0. The van der Waals surface area contributed by atoms with Crippen LogP contribution in [-0.4, -0.2) is 23.0 Å². The van der Waals surface area contributed by atoms with E-state index in [0.29, 0.717) is 12.8 Å². The summed E-state index contributed by atoms with van der Waals surface area (Å²) >= 11 is 0. The minimum Gasteiger partial charge on any atom is -0.481 e. The molecule has 1 amide bonds. The van der Waals surface area contributed by atoms with Gasteiger partial charge in [-0.15, -0.1) is 0 Å². The van der Waals surface area contributed by atoms with Crippen molar-refractivity contribution in [3.63, 3.8) is 0 Å². The third-order valence-corrected chi connectivity index (χ3v) is 4.45. The van der Waals surface area contributed by atoms with E-state index in [0.717, 1.165) is 0 Å². The van der Waals surface area contributed by atoms with Gasteiger partial charge >= 0.3 is 5.97 Å². The molecular weight excluding hydrogens is 218 g/mol. The van der Waals surface area contributed by atoms with E-state index in [1.165, 1.54) is 0 Å². The molecule has 0 aromatic heterocycles. The predicted octanol–water partition coefficient (Wildman–Crippen LogP) is 2.04. The summed E-state index contributed by atoms with van der Waals surface area (Å²) in [4.78, 5) is 23.5. The smallest absolute Gasteiger partial charge is 0.309 e. The van der Waals surface area contributed by atoms with Crippen molar-refractivity contribution in [2.24, 2.45) is 16.7 Å². The van der Waals surface area contributed by atoms with Gasteiger partial charge in [0.05, 0.1) is 5.41 Å². The van der Waals surface area contributed by atoms with Crippen molar-refractivity contribution < 1.29 is 14.7 Å². The second-order valence-electron chi connectivity index (χ2n) is 6.11. The lowest BCUT2D eigenvalue weighted by atomic mass is 9.65. The quantitative estimate of drug-likeness (QED) is 0.794. The number of nitrogens with one attached hydrogen (secondary N) is 1. The average molecular weight is 241 g/mol. The molecule has 0 aromatic rings. The number of carbonyl (C=O) groups excluding carboxylic acids is 1. The fourth-order valence-electron chi connectivity index (χ4n) is 2.73. The van der Waals surface area contributed by atoms with Crippen LogP contribution in [0.1, 0.15) is 47.5 Å². The molecule has 1 saturated carbocycles. The molecule has 0 aliphatic heterocycles. The largest absolute Gasteiger partial charge is 0.481 e. The Bertz CT molecular complexity index is 336. The van der Waals surface area contributed by atoms with Crippen molar-refractivity contribution in [3.8, 4) is 0 Å². The van der Waals surface area contributed by atoms with Gasteiger partial charge in [0.15, 0.2) is 0 Å². The first-order chi connectivity index (χ1) is 7.63. The summed E-state index contributed by atoms with van der Waals surface area (Å²) in [5.41, 5.74) is -1.33. The first-order valence-corrected chi connectivity index (χ1v) is 6.16. The van der Waals surface area contributed by atoms with Crippen LogP contribution in [0.25, 0.3) is 0 Å². The summed E-state index contributed by atoms with van der Waals surface area (Å²) in [5, 5.41) is 12.2. The molecule has 1 aliphatic carbocycles. The number of rotatable bonds is 3. The van der Waals surface area contributed by atoms with Gasteiger partial charge in [0.25, 0.3) is 0 Å². The molecule has 4 nitrogen and oxygen atoms in total. The lowest BCUT2D eigenvalue weighted by Crippen LogP contribution is -2.46. The zero-order valence-corrected chi connectivity index (χ0v) is 11.3. The lowest BCUT2D eigenvalue weighted by Gasteiger charge is -2.38. The monoisotopic (exact) mass is 241 g/mol. The SMILES string of the molecule is CC(C)NC(=O)C1CC[C@@](C)(C(=O)O)C1(C)C. The second kappa shape index (κ2) is 4.31. The summed E-state index contributed by atoms with van der Waals surface area (Å²) < 4.78 is 0. The van der Waals surface area contributed by atoms with Gasteiger partial charge < -0.3 is 10.4 Å². The Morgan fingerprint density at radius 2 is 1.82 bits per heavy atom. The van der Waals surface area contributed by atoms with Gasteiger partial charge in [-0.3, -0.25) is 9.59 Å². The van der Waals surface area contributed by atoms with E-state index in [1.807, 2.05) is 27.7 Å². The highest BCUT2D eigenvalue weighted by molar-refractivity contribution is 5.84. The number of carbonyl (C=O) groups is 2. The average Bonchev–Trinajstić information content (AvgIpc) is 2.38. The topological polar surface area (TPSA) is 66.4 Å². The van der Waals surface area contributed by atoms with Crippen molar-refractivity contribution in [2.75, 3.05) is 0 Å². The molecule has 0 heterocycles. The molecule has 2 atom stereocenters. The molecule has 0 aromatic carbocycles. The Balaban J connectivity index is 2.93. The number of hydrogen-bond acceptors (Lipinski definition) is 2. The molecule has 17 heavy (non-hydrogen) atoms. The molecule has 1 fully saturated rings. The Morgan fingerprint density at radius 1 is 1.29 bits per heavy atom. The molecule has 98 valence electrons.